The maximum Gasteiger partial charge on any atom is 0.409 e. The van der Waals surface area contributed by atoms with Crippen LogP contribution in [0, 0.1) is 12.7 Å². The second-order valence-corrected chi connectivity index (χ2v) is 24.3. The smallest absolute Gasteiger partial charge is 0.409 e. The normalized spacial score (nSPS) is 20.2. The number of pyridine rings is 1. The Hall–Kier alpha value is -7.49. The van der Waals surface area contributed by atoms with E-state index in [1.807, 2.05) is 54.6 Å². The summed E-state index contributed by atoms with van der Waals surface area (Å²) >= 11 is 1.61. The van der Waals surface area contributed by atoms with Crippen molar-refractivity contribution in [2.75, 3.05) is 82.4 Å². The van der Waals surface area contributed by atoms with Gasteiger partial charge in [-0.3, -0.25) is 19.5 Å². The van der Waals surface area contributed by atoms with E-state index in [0.29, 0.717) is 86.2 Å². The molecular formula is C64H79FN12O7S. The van der Waals surface area contributed by atoms with Crippen molar-refractivity contribution < 1.29 is 37.9 Å². The highest BCUT2D eigenvalue weighted by Gasteiger charge is 2.45. The number of aromatic hydroxyl groups is 1. The Bertz CT molecular complexity index is 3490. The summed E-state index contributed by atoms with van der Waals surface area (Å²) in [5, 5.41) is 23.8. The molecule has 4 aromatic heterocycles. The number of nitrogens with zero attached hydrogens (tertiary/aromatic N) is 10. The second-order valence-electron chi connectivity index (χ2n) is 23.5. The third-order valence-electron chi connectivity index (χ3n) is 17.7. The lowest BCUT2D eigenvalue weighted by Gasteiger charge is -2.34. The number of aryl methyl sites for hydroxylation is 2. The van der Waals surface area contributed by atoms with Crippen LogP contribution >= 0.6 is 11.3 Å². The van der Waals surface area contributed by atoms with E-state index in [9.17, 15) is 19.5 Å². The summed E-state index contributed by atoms with van der Waals surface area (Å²) in [5.74, 6) is 1.02. The summed E-state index contributed by atoms with van der Waals surface area (Å²) in [6, 6.07) is 19.5. The highest BCUT2D eigenvalue weighted by molar-refractivity contribution is 7.13. The predicted molar refractivity (Wildman–Crippen MR) is 328 cm³/mol. The molecule has 3 aromatic carbocycles. The highest BCUT2D eigenvalue weighted by Crippen LogP contribution is 2.42. The minimum absolute atomic E-state index is 0.0333. The van der Waals surface area contributed by atoms with Crippen LogP contribution in [0.15, 0.2) is 76.9 Å². The van der Waals surface area contributed by atoms with Gasteiger partial charge < -0.3 is 49.3 Å². The SMILES string of the molecule is CCC.CCc1cccc2cc(O)cc(-c3ncc4c(N5CC6CCC(C5)N6)nc(OCC56CCCN5CCC6)nc4c3F)c12.COC(=O)N1CCN(c2cc(CC(=O)N3CCCC3C(=O)NC(C)c3ccc(-c4scnc4C)cc3)on2)CC1. The van der Waals surface area contributed by atoms with E-state index in [4.69, 9.17) is 24.0 Å². The van der Waals surface area contributed by atoms with E-state index in [1.54, 1.807) is 45.5 Å². The molecule has 450 valence electrons. The molecule has 13 rings (SSSR count). The number of phenolic OH excluding ortho intramolecular Hbond substituents is 1. The van der Waals surface area contributed by atoms with E-state index in [1.165, 1.54) is 26.4 Å². The molecule has 0 saturated carbocycles. The van der Waals surface area contributed by atoms with Crippen molar-refractivity contribution in [3.05, 3.63) is 101 Å². The number of aromatic nitrogens is 5. The number of thiazole rings is 1. The summed E-state index contributed by atoms with van der Waals surface area (Å²) < 4.78 is 33.4. The molecule has 0 spiro atoms. The monoisotopic (exact) mass is 1180 g/mol. The van der Waals surface area contributed by atoms with E-state index in [0.717, 1.165) is 103 Å². The van der Waals surface area contributed by atoms with E-state index in [2.05, 4.69) is 68.5 Å². The lowest BCUT2D eigenvalue weighted by atomic mass is 9.95. The number of fused-ring (bicyclic) bond motifs is 5. The number of rotatable bonds is 13. The van der Waals surface area contributed by atoms with Crippen molar-refractivity contribution >= 4 is 62.6 Å². The van der Waals surface area contributed by atoms with E-state index < -0.39 is 11.9 Å². The number of phenols is 1. The van der Waals surface area contributed by atoms with Crippen LogP contribution in [0.2, 0.25) is 0 Å². The molecule has 0 radical (unpaired) electrons. The maximum atomic E-state index is 16.8. The van der Waals surface area contributed by atoms with Crippen molar-refractivity contribution in [1.82, 2.24) is 50.4 Å². The number of amides is 3. The molecule has 21 heteroatoms. The van der Waals surface area contributed by atoms with E-state index >= 15 is 4.39 Å². The zero-order chi connectivity index (χ0) is 59.4. The fourth-order valence-electron chi connectivity index (χ4n) is 13.4. The summed E-state index contributed by atoms with van der Waals surface area (Å²) in [5.41, 5.74) is 7.01. The lowest BCUT2D eigenvalue weighted by molar-refractivity contribution is -0.138. The third kappa shape index (κ3) is 12.6. The van der Waals surface area contributed by atoms with Gasteiger partial charge in [0.25, 0.3) is 0 Å². The van der Waals surface area contributed by atoms with Crippen molar-refractivity contribution in [1.29, 1.82) is 0 Å². The van der Waals surface area contributed by atoms with Crippen LogP contribution in [0.3, 0.4) is 0 Å². The zero-order valence-corrected chi connectivity index (χ0v) is 50.6. The Kier molecular flexibility index (Phi) is 18.1. The largest absolute Gasteiger partial charge is 0.508 e. The molecule has 4 unspecified atom stereocenters. The van der Waals surface area contributed by atoms with Crippen LogP contribution in [0.4, 0.5) is 20.8 Å². The second kappa shape index (κ2) is 26.0. The van der Waals surface area contributed by atoms with Crippen LogP contribution in [0.5, 0.6) is 11.8 Å². The van der Waals surface area contributed by atoms with Gasteiger partial charge in [0, 0.05) is 75.7 Å². The Labute approximate surface area is 500 Å². The number of hydrogen-bond donors (Lipinski definition) is 3. The Balaban J connectivity index is 0.000000170. The molecule has 3 amide bonds. The molecule has 10 heterocycles. The molecule has 85 heavy (non-hydrogen) atoms. The topological polar surface area (TPSA) is 208 Å². The first-order valence-electron chi connectivity index (χ1n) is 30.4. The molecule has 2 bridgehead atoms. The average molecular weight is 1180 g/mol. The Morgan fingerprint density at radius 1 is 0.906 bits per heavy atom. The summed E-state index contributed by atoms with van der Waals surface area (Å²) in [4.78, 5) is 68.0. The standard InChI is InChI=1S/C33H37FN6O2.C28H34N6O5S.C3H8/c1-2-20-6-3-7-21-14-24(41)15-25(27(20)21)29-28(34)30-26(16-35-29)31(39-17-22-8-9-23(18-39)36-22)38-32(37-30)42-19-33-10-4-12-40(33)13-5-11-33;1-18(20-6-8-21(9-7-20)26-19(2)29-17-40-26)30-27(36)23-5-4-10-34(23)25(35)16-22-15-24(31-39-22)32-11-13-33(14-12-32)28(37)38-3;1-3-2/h3,6-7,14-16,22-23,36,41H,2,4-5,8-13,17-19H2,1H3;6-9,15,17-18,23H,4-5,10-14,16H2,1-3H3,(H,30,36);3H2,1-2H3. The third-order valence-corrected chi connectivity index (χ3v) is 18.7. The first-order valence-corrected chi connectivity index (χ1v) is 31.3. The zero-order valence-electron chi connectivity index (χ0n) is 49.7. The number of carbonyl (C=O) groups excluding carboxylic acids is 3. The molecule has 7 aromatic rings. The molecule has 6 fully saturated rings. The van der Waals surface area contributed by atoms with Gasteiger partial charge in [-0.1, -0.05) is 74.8 Å². The van der Waals surface area contributed by atoms with Gasteiger partial charge in [0.2, 0.25) is 11.8 Å². The van der Waals surface area contributed by atoms with Crippen LogP contribution < -0.4 is 25.2 Å². The number of anilines is 2. The number of benzene rings is 3. The molecule has 6 aliphatic heterocycles. The van der Waals surface area contributed by atoms with Gasteiger partial charge in [0.05, 0.1) is 46.6 Å². The Morgan fingerprint density at radius 2 is 1.65 bits per heavy atom. The minimum Gasteiger partial charge on any atom is -0.508 e. The number of hydrogen-bond acceptors (Lipinski definition) is 17. The van der Waals surface area contributed by atoms with Crippen LogP contribution in [-0.2, 0) is 27.2 Å². The molecule has 3 N–H and O–H groups in total. The fourth-order valence-corrected chi connectivity index (χ4v) is 14.2. The van der Waals surface area contributed by atoms with Crippen molar-refractivity contribution in [2.24, 2.45) is 0 Å². The highest BCUT2D eigenvalue weighted by atomic mass is 32.1. The minimum atomic E-state index is -0.515. The van der Waals surface area contributed by atoms with Crippen LogP contribution in [0.1, 0.15) is 114 Å². The molecule has 0 aliphatic carbocycles. The first kappa shape index (κ1) is 59.2. The number of piperazine rings is 2. The molecule has 4 atom stereocenters. The number of ether oxygens (including phenoxy) is 2. The number of carbonyl (C=O) groups is 3. The van der Waals surface area contributed by atoms with Crippen molar-refractivity contribution in [3.63, 3.8) is 0 Å². The van der Waals surface area contributed by atoms with Gasteiger partial charge >= 0.3 is 12.1 Å². The van der Waals surface area contributed by atoms with Gasteiger partial charge in [0.15, 0.2) is 11.6 Å². The average Bonchev–Trinajstić information content (AvgIpc) is 4.01. The van der Waals surface area contributed by atoms with E-state index in [-0.39, 0.29) is 58.9 Å². The maximum absolute atomic E-state index is 16.8. The molecule has 6 saturated heterocycles. The van der Waals surface area contributed by atoms with Gasteiger partial charge in [-0.05, 0) is 124 Å². The van der Waals surface area contributed by atoms with Crippen LogP contribution in [-0.4, -0.2) is 159 Å². The summed E-state index contributed by atoms with van der Waals surface area (Å²) in [6.07, 6.45) is 11.7. The quantitative estimate of drug-likeness (QED) is 0.0981. The fraction of sp³-hybridized carbons (Fsp3) is 0.500. The van der Waals surface area contributed by atoms with Gasteiger partial charge in [0.1, 0.15) is 41.2 Å². The number of nitrogens with one attached hydrogen (secondary N) is 2. The summed E-state index contributed by atoms with van der Waals surface area (Å²) in [6.45, 7) is 17.4. The summed E-state index contributed by atoms with van der Waals surface area (Å²) in [7, 11) is 1.37. The van der Waals surface area contributed by atoms with Gasteiger partial charge in [-0.25, -0.2) is 14.2 Å². The molecule has 19 nitrogen and oxygen atoms in total. The molecule has 6 aliphatic rings. The number of likely N-dealkylation sites (tertiary alicyclic amines) is 1. The number of halogens is 1. The van der Waals surface area contributed by atoms with Gasteiger partial charge in [-0.15, -0.1) is 11.3 Å². The van der Waals surface area contributed by atoms with Crippen LogP contribution in [0.25, 0.3) is 43.4 Å². The molecular weight excluding hydrogens is 1100 g/mol. The lowest BCUT2D eigenvalue weighted by Crippen LogP contribution is -2.51. The van der Waals surface area contributed by atoms with Crippen molar-refractivity contribution in [3.8, 4) is 33.5 Å². The van der Waals surface area contributed by atoms with Gasteiger partial charge in [-0.2, -0.15) is 9.97 Å². The predicted octanol–water partition coefficient (Wildman–Crippen LogP) is 10.0. The Morgan fingerprint density at radius 3 is 2.34 bits per heavy atom. The number of methoxy groups -OCH3 is 1. The first-order chi connectivity index (χ1) is 41.3. The van der Waals surface area contributed by atoms with Crippen molar-refractivity contribution in [2.45, 2.75) is 135 Å².